The van der Waals surface area contributed by atoms with Crippen LogP contribution in [0.2, 0.25) is 0 Å². The number of carbonyl (C=O) groups is 1. The van der Waals surface area contributed by atoms with Gasteiger partial charge in [0, 0.05) is 12.5 Å². The van der Waals surface area contributed by atoms with Crippen molar-refractivity contribution in [1.29, 1.82) is 5.26 Å². The first-order valence-corrected chi connectivity index (χ1v) is 6.98. The lowest BCUT2D eigenvalue weighted by atomic mass is 9.82. The fourth-order valence-corrected chi connectivity index (χ4v) is 3.90. The van der Waals surface area contributed by atoms with Gasteiger partial charge in [-0.15, -0.1) is 0 Å². The van der Waals surface area contributed by atoms with E-state index in [-0.39, 0.29) is 12.1 Å². The molecule has 3 rings (SSSR count). The van der Waals surface area contributed by atoms with Crippen LogP contribution in [0.3, 0.4) is 0 Å². The van der Waals surface area contributed by atoms with E-state index in [2.05, 4.69) is 18.2 Å². The van der Waals surface area contributed by atoms with Crippen LogP contribution in [0.25, 0.3) is 0 Å². The molecule has 1 saturated carbocycles. The molecular weight excluding hydrogens is 240 g/mol. The standard InChI is InChI=1S/C15H20N2O2/c1-15(2,3)19-14(18)17-8-11-9-4-5-10(6-9)13(11)12(17)7-16/h4-5,9-13H,6,8H2,1-3H3. The Morgan fingerprint density at radius 1 is 1.37 bits per heavy atom. The van der Waals surface area contributed by atoms with Gasteiger partial charge in [0.1, 0.15) is 11.6 Å². The summed E-state index contributed by atoms with van der Waals surface area (Å²) in [6.45, 7) is 6.24. The fourth-order valence-electron chi connectivity index (χ4n) is 3.90. The second-order valence-corrected chi connectivity index (χ2v) is 6.90. The predicted octanol–water partition coefficient (Wildman–Crippen LogP) is 2.57. The van der Waals surface area contributed by atoms with E-state index in [1.54, 1.807) is 4.90 Å². The van der Waals surface area contributed by atoms with Gasteiger partial charge in [0.2, 0.25) is 0 Å². The van der Waals surface area contributed by atoms with E-state index in [9.17, 15) is 10.1 Å². The zero-order valence-electron chi connectivity index (χ0n) is 11.7. The molecule has 19 heavy (non-hydrogen) atoms. The summed E-state index contributed by atoms with van der Waals surface area (Å²) in [5, 5.41) is 9.44. The van der Waals surface area contributed by atoms with E-state index in [4.69, 9.17) is 4.74 Å². The molecule has 0 aromatic rings. The number of amides is 1. The van der Waals surface area contributed by atoms with Crippen LogP contribution >= 0.6 is 0 Å². The highest BCUT2D eigenvalue weighted by Gasteiger charge is 2.56. The zero-order valence-corrected chi connectivity index (χ0v) is 11.7. The van der Waals surface area contributed by atoms with Crippen LogP contribution in [-0.2, 0) is 4.74 Å². The molecule has 1 aliphatic heterocycles. The van der Waals surface area contributed by atoms with Crippen LogP contribution < -0.4 is 0 Å². The van der Waals surface area contributed by atoms with E-state index >= 15 is 0 Å². The molecule has 0 N–H and O–H groups in total. The van der Waals surface area contributed by atoms with Gasteiger partial charge in [-0.3, -0.25) is 4.90 Å². The smallest absolute Gasteiger partial charge is 0.411 e. The minimum atomic E-state index is -0.508. The number of hydrogen-bond donors (Lipinski definition) is 0. The molecule has 4 nitrogen and oxygen atoms in total. The summed E-state index contributed by atoms with van der Waals surface area (Å²) in [5.74, 6) is 1.80. The third-order valence-corrected chi connectivity index (χ3v) is 4.56. The average molecular weight is 260 g/mol. The molecule has 2 fully saturated rings. The van der Waals surface area contributed by atoms with Crippen molar-refractivity contribution in [3.8, 4) is 6.07 Å². The molecule has 4 heteroatoms. The quantitative estimate of drug-likeness (QED) is 0.629. The average Bonchev–Trinajstić information content (AvgIpc) is 2.97. The molecule has 3 aliphatic rings. The van der Waals surface area contributed by atoms with Gasteiger partial charge in [-0.25, -0.2) is 4.79 Å². The number of carbonyl (C=O) groups excluding carboxylic acids is 1. The van der Waals surface area contributed by atoms with Crippen molar-refractivity contribution in [2.45, 2.75) is 38.8 Å². The van der Waals surface area contributed by atoms with Crippen molar-refractivity contribution < 1.29 is 9.53 Å². The zero-order chi connectivity index (χ0) is 13.8. The van der Waals surface area contributed by atoms with E-state index in [1.807, 2.05) is 20.8 Å². The Bertz CT molecular complexity index is 472. The van der Waals surface area contributed by atoms with Crippen LogP contribution in [0.15, 0.2) is 12.2 Å². The van der Waals surface area contributed by atoms with Crippen molar-refractivity contribution in [3.63, 3.8) is 0 Å². The first-order valence-electron chi connectivity index (χ1n) is 6.98. The third-order valence-electron chi connectivity index (χ3n) is 4.56. The van der Waals surface area contributed by atoms with Gasteiger partial charge in [0.15, 0.2) is 0 Å². The van der Waals surface area contributed by atoms with Crippen molar-refractivity contribution >= 4 is 6.09 Å². The summed E-state index contributed by atoms with van der Waals surface area (Å²) in [6.07, 6.45) is 5.32. The summed E-state index contributed by atoms with van der Waals surface area (Å²) >= 11 is 0. The highest BCUT2D eigenvalue weighted by atomic mass is 16.6. The Morgan fingerprint density at radius 3 is 2.68 bits per heavy atom. The number of rotatable bonds is 0. The molecule has 2 bridgehead atoms. The van der Waals surface area contributed by atoms with Crippen LogP contribution in [0.4, 0.5) is 4.79 Å². The van der Waals surface area contributed by atoms with Crippen LogP contribution in [0.1, 0.15) is 27.2 Å². The maximum absolute atomic E-state index is 12.2. The minimum Gasteiger partial charge on any atom is -0.444 e. The summed E-state index contributed by atoms with van der Waals surface area (Å²) in [7, 11) is 0. The Balaban J connectivity index is 1.79. The lowest BCUT2D eigenvalue weighted by Gasteiger charge is -2.28. The molecular formula is C15H20N2O2. The normalized spacial score (nSPS) is 39.3. The molecule has 5 unspecified atom stereocenters. The first kappa shape index (κ1) is 12.5. The highest BCUT2D eigenvalue weighted by Crippen LogP contribution is 2.53. The van der Waals surface area contributed by atoms with E-state index in [0.29, 0.717) is 30.2 Å². The number of ether oxygens (including phenoxy) is 1. The topological polar surface area (TPSA) is 53.3 Å². The van der Waals surface area contributed by atoms with Gasteiger partial charge in [-0.05, 0) is 44.9 Å². The summed E-state index contributed by atoms with van der Waals surface area (Å²) in [5.41, 5.74) is -0.508. The number of nitrogens with zero attached hydrogens (tertiary/aromatic N) is 2. The van der Waals surface area contributed by atoms with Crippen molar-refractivity contribution in [2.75, 3.05) is 6.54 Å². The largest absolute Gasteiger partial charge is 0.444 e. The SMILES string of the molecule is CC(C)(C)OC(=O)N1CC2C3C=CC(C3)C2C1C#N. The second kappa shape index (κ2) is 4.00. The Labute approximate surface area is 114 Å². The summed E-state index contributed by atoms with van der Waals surface area (Å²) < 4.78 is 5.43. The van der Waals surface area contributed by atoms with Gasteiger partial charge in [-0.2, -0.15) is 5.26 Å². The second-order valence-electron chi connectivity index (χ2n) is 6.90. The highest BCUT2D eigenvalue weighted by molar-refractivity contribution is 5.70. The lowest BCUT2D eigenvalue weighted by Crippen LogP contribution is -2.41. The van der Waals surface area contributed by atoms with Gasteiger partial charge in [-0.1, -0.05) is 12.2 Å². The number of allylic oxidation sites excluding steroid dienone is 2. The number of likely N-dealkylation sites (tertiary alicyclic amines) is 1. The summed E-state index contributed by atoms with van der Waals surface area (Å²) in [6, 6.07) is 2.01. The molecule has 1 heterocycles. The van der Waals surface area contributed by atoms with Crippen molar-refractivity contribution in [1.82, 2.24) is 4.90 Å². The van der Waals surface area contributed by atoms with Crippen molar-refractivity contribution in [2.24, 2.45) is 23.7 Å². The molecule has 0 aromatic carbocycles. The maximum atomic E-state index is 12.2. The van der Waals surface area contributed by atoms with Crippen LogP contribution in [-0.4, -0.2) is 29.2 Å². The molecule has 0 spiro atoms. The van der Waals surface area contributed by atoms with Gasteiger partial charge in [0.25, 0.3) is 0 Å². The third kappa shape index (κ3) is 1.92. The summed E-state index contributed by atoms with van der Waals surface area (Å²) in [4.78, 5) is 13.9. The molecule has 102 valence electrons. The lowest BCUT2D eigenvalue weighted by molar-refractivity contribution is 0.0235. The monoisotopic (exact) mass is 260 g/mol. The molecule has 5 atom stereocenters. The Kier molecular flexibility index (Phi) is 2.63. The van der Waals surface area contributed by atoms with Crippen LogP contribution in [0.5, 0.6) is 0 Å². The van der Waals surface area contributed by atoms with Crippen LogP contribution in [0, 0.1) is 35.0 Å². The molecule has 0 aromatic heterocycles. The Hall–Kier alpha value is -1.50. The molecule has 1 amide bonds. The number of hydrogen-bond acceptors (Lipinski definition) is 3. The van der Waals surface area contributed by atoms with E-state index in [1.165, 1.54) is 0 Å². The minimum absolute atomic E-state index is 0.313. The maximum Gasteiger partial charge on any atom is 0.411 e. The fraction of sp³-hybridized carbons (Fsp3) is 0.733. The van der Waals surface area contributed by atoms with Gasteiger partial charge < -0.3 is 4.74 Å². The first-order chi connectivity index (χ1) is 8.90. The Morgan fingerprint density at radius 2 is 2.05 bits per heavy atom. The van der Waals surface area contributed by atoms with E-state index < -0.39 is 5.60 Å². The van der Waals surface area contributed by atoms with Gasteiger partial charge in [0.05, 0.1) is 6.07 Å². The number of nitriles is 1. The number of fused-ring (bicyclic) bond motifs is 5. The van der Waals surface area contributed by atoms with E-state index in [0.717, 1.165) is 6.42 Å². The van der Waals surface area contributed by atoms with Crippen molar-refractivity contribution in [3.05, 3.63) is 12.2 Å². The molecule has 0 radical (unpaired) electrons. The van der Waals surface area contributed by atoms with Gasteiger partial charge >= 0.3 is 6.09 Å². The molecule has 1 saturated heterocycles. The molecule has 2 aliphatic carbocycles. The predicted molar refractivity (Wildman–Crippen MR) is 70.1 cm³/mol.